The van der Waals surface area contributed by atoms with E-state index in [4.69, 9.17) is 14.2 Å². The number of ether oxygens (including phenoxy) is 3. The Morgan fingerprint density at radius 3 is 1.20 bits per heavy atom. The fourth-order valence-corrected chi connectivity index (χ4v) is 7.53. The summed E-state index contributed by atoms with van der Waals surface area (Å²) in [5.41, 5.74) is 0. The van der Waals surface area contributed by atoms with Gasteiger partial charge in [0.25, 0.3) is 0 Å². The lowest BCUT2D eigenvalue weighted by Crippen LogP contribution is -2.30. The predicted molar refractivity (Wildman–Crippen MR) is 288 cm³/mol. The molecule has 0 rings (SSSR count). The minimum absolute atomic E-state index is 0.0247. The van der Waals surface area contributed by atoms with Crippen molar-refractivity contribution in [2.45, 2.75) is 258 Å². The summed E-state index contributed by atoms with van der Waals surface area (Å²) in [6, 6.07) is 0. The van der Waals surface area contributed by atoms with Gasteiger partial charge in [-0.3, -0.25) is 9.59 Å². The molecule has 0 radical (unpaired) electrons. The second-order valence-corrected chi connectivity index (χ2v) is 18.1. The van der Waals surface area contributed by atoms with E-state index in [2.05, 4.69) is 106 Å². The highest BCUT2D eigenvalue weighted by Crippen LogP contribution is 2.15. The Balaban J connectivity index is 4.39. The maximum absolute atomic E-state index is 12.8. The molecule has 0 heterocycles. The number of carbonyl (C=O) groups is 2. The third kappa shape index (κ3) is 53.4. The van der Waals surface area contributed by atoms with Crippen molar-refractivity contribution in [1.82, 2.24) is 0 Å². The molecule has 378 valence electrons. The fourth-order valence-electron chi connectivity index (χ4n) is 7.53. The minimum Gasteiger partial charge on any atom is -0.461 e. The molecule has 0 aliphatic heterocycles. The molecule has 0 spiro atoms. The Kier molecular flexibility index (Phi) is 53.4. The lowest BCUT2D eigenvalue weighted by Gasteiger charge is -2.18. The Bertz CT molecular complexity index is 1270. The molecule has 0 saturated carbocycles. The van der Waals surface area contributed by atoms with Gasteiger partial charge in [-0.1, -0.05) is 253 Å². The molecule has 5 heteroatoms. The maximum atomic E-state index is 12.8. The SMILES string of the molecule is CC/C=C\C/C=C\C/C=C\C/C=C\C/C=C\CC(=O)OCC(COCCCCCCCCC/C=C\C/C=C\C/C=C\CCCCC)OC(=O)CCCCCCCCCCCCCCCCC. The van der Waals surface area contributed by atoms with Crippen LogP contribution in [-0.2, 0) is 23.8 Å². The van der Waals surface area contributed by atoms with Crippen LogP contribution in [0.2, 0.25) is 0 Å². The molecule has 0 amide bonds. The molecule has 0 aliphatic rings. The number of hydrogen-bond acceptors (Lipinski definition) is 5. The molecule has 0 aromatic heterocycles. The van der Waals surface area contributed by atoms with Gasteiger partial charge in [0.05, 0.1) is 13.0 Å². The van der Waals surface area contributed by atoms with Crippen LogP contribution in [0.15, 0.2) is 97.2 Å². The molecule has 1 atom stereocenters. The van der Waals surface area contributed by atoms with Gasteiger partial charge >= 0.3 is 11.9 Å². The van der Waals surface area contributed by atoms with Crippen LogP contribution in [0.3, 0.4) is 0 Å². The van der Waals surface area contributed by atoms with E-state index in [9.17, 15) is 9.59 Å². The largest absolute Gasteiger partial charge is 0.461 e. The molecule has 0 N–H and O–H groups in total. The third-order valence-electron chi connectivity index (χ3n) is 11.6. The van der Waals surface area contributed by atoms with Crippen molar-refractivity contribution in [3.8, 4) is 0 Å². The monoisotopic (exact) mass is 917 g/mol. The van der Waals surface area contributed by atoms with Gasteiger partial charge in [0.1, 0.15) is 6.61 Å². The molecular weight excluding hydrogens is 813 g/mol. The highest BCUT2D eigenvalue weighted by atomic mass is 16.6. The molecule has 0 aromatic carbocycles. The zero-order valence-electron chi connectivity index (χ0n) is 43.4. The van der Waals surface area contributed by atoms with Crippen LogP contribution < -0.4 is 0 Å². The highest BCUT2D eigenvalue weighted by molar-refractivity contribution is 5.71. The van der Waals surface area contributed by atoms with E-state index in [1.165, 1.54) is 141 Å². The molecule has 0 aromatic rings. The minimum atomic E-state index is -0.585. The van der Waals surface area contributed by atoms with E-state index < -0.39 is 6.10 Å². The van der Waals surface area contributed by atoms with Crippen molar-refractivity contribution in [2.24, 2.45) is 0 Å². The molecule has 0 bridgehead atoms. The van der Waals surface area contributed by atoms with Gasteiger partial charge in [0.2, 0.25) is 0 Å². The van der Waals surface area contributed by atoms with Crippen molar-refractivity contribution in [3.05, 3.63) is 97.2 Å². The summed E-state index contributed by atoms with van der Waals surface area (Å²) >= 11 is 0. The summed E-state index contributed by atoms with van der Waals surface area (Å²) in [6.07, 6.45) is 75.9. The van der Waals surface area contributed by atoms with Crippen molar-refractivity contribution in [3.63, 3.8) is 0 Å². The maximum Gasteiger partial charge on any atom is 0.309 e. The number of rotatable bonds is 50. The van der Waals surface area contributed by atoms with Crippen LogP contribution in [0.5, 0.6) is 0 Å². The molecular formula is C61H104O5. The summed E-state index contributed by atoms with van der Waals surface area (Å²) in [4.78, 5) is 25.4. The van der Waals surface area contributed by atoms with Crippen molar-refractivity contribution in [2.75, 3.05) is 19.8 Å². The normalized spacial score (nSPS) is 13.0. The zero-order chi connectivity index (χ0) is 47.7. The zero-order valence-corrected chi connectivity index (χ0v) is 43.4. The average molecular weight is 917 g/mol. The number of hydrogen-bond donors (Lipinski definition) is 0. The van der Waals surface area contributed by atoms with E-state index in [1.807, 2.05) is 12.2 Å². The van der Waals surface area contributed by atoms with E-state index in [0.717, 1.165) is 77.0 Å². The van der Waals surface area contributed by atoms with Crippen LogP contribution in [0.25, 0.3) is 0 Å². The standard InChI is InChI=1S/C61H104O5/c1-4-7-10-13-16-19-22-25-28-29-30-31-32-35-38-41-44-47-50-53-56-64-57-59(66-61(63)55-52-49-46-43-40-37-34-27-24-21-18-15-12-9-6-3)58-65-60(62)54-51-48-45-42-39-36-33-26-23-20-17-14-11-8-5-2/h8,11,16-17,19-20,25-26,28,30-31,33,39,42,48,51,59H,4-7,9-10,12-15,18,21-24,27,29,32,34-38,40-41,43-47,49-50,52-58H2,1-3H3/b11-8-,19-16-,20-17-,28-25-,31-30-,33-26-,42-39-,51-48-. The second kappa shape index (κ2) is 56.1. The summed E-state index contributed by atoms with van der Waals surface area (Å²) in [6.45, 7) is 7.57. The first kappa shape index (κ1) is 62.8. The Morgan fingerprint density at radius 2 is 0.727 bits per heavy atom. The number of unbranched alkanes of at least 4 members (excludes halogenated alkanes) is 24. The first-order chi connectivity index (χ1) is 32.6. The van der Waals surface area contributed by atoms with Gasteiger partial charge in [-0.15, -0.1) is 0 Å². The van der Waals surface area contributed by atoms with Crippen LogP contribution in [0, 0.1) is 0 Å². The first-order valence-electron chi connectivity index (χ1n) is 27.8. The first-order valence-corrected chi connectivity index (χ1v) is 27.8. The Hall–Kier alpha value is -3.18. The highest BCUT2D eigenvalue weighted by Gasteiger charge is 2.17. The smallest absolute Gasteiger partial charge is 0.309 e. The quantitative estimate of drug-likeness (QED) is 0.0346. The van der Waals surface area contributed by atoms with E-state index in [0.29, 0.717) is 13.0 Å². The number of allylic oxidation sites excluding steroid dienone is 15. The molecule has 5 nitrogen and oxygen atoms in total. The van der Waals surface area contributed by atoms with Gasteiger partial charge in [-0.2, -0.15) is 0 Å². The van der Waals surface area contributed by atoms with Crippen LogP contribution in [-0.4, -0.2) is 37.9 Å². The lowest BCUT2D eigenvalue weighted by atomic mass is 10.0. The molecule has 1 unspecified atom stereocenters. The second-order valence-electron chi connectivity index (χ2n) is 18.1. The van der Waals surface area contributed by atoms with Crippen LogP contribution in [0.4, 0.5) is 0 Å². The van der Waals surface area contributed by atoms with Crippen molar-refractivity contribution < 1.29 is 23.8 Å². The summed E-state index contributed by atoms with van der Waals surface area (Å²) in [5.74, 6) is -0.545. The predicted octanol–water partition coefficient (Wildman–Crippen LogP) is 19.0. The average Bonchev–Trinajstić information content (AvgIpc) is 3.32. The van der Waals surface area contributed by atoms with Crippen molar-refractivity contribution in [1.29, 1.82) is 0 Å². The van der Waals surface area contributed by atoms with E-state index in [1.54, 1.807) is 0 Å². The Morgan fingerprint density at radius 1 is 0.364 bits per heavy atom. The molecule has 0 fully saturated rings. The summed E-state index contributed by atoms with van der Waals surface area (Å²) in [5, 5.41) is 0. The molecule has 0 aliphatic carbocycles. The topological polar surface area (TPSA) is 61.8 Å². The number of carbonyl (C=O) groups excluding carboxylic acids is 2. The van der Waals surface area contributed by atoms with Crippen molar-refractivity contribution >= 4 is 11.9 Å². The lowest BCUT2D eigenvalue weighted by molar-refractivity contribution is -0.162. The molecule has 66 heavy (non-hydrogen) atoms. The fraction of sp³-hybridized carbons (Fsp3) is 0.705. The van der Waals surface area contributed by atoms with Crippen LogP contribution >= 0.6 is 0 Å². The molecule has 0 saturated heterocycles. The number of esters is 2. The summed E-state index contributed by atoms with van der Waals surface area (Å²) in [7, 11) is 0. The van der Waals surface area contributed by atoms with Gasteiger partial charge < -0.3 is 14.2 Å². The summed E-state index contributed by atoms with van der Waals surface area (Å²) < 4.78 is 17.3. The van der Waals surface area contributed by atoms with Crippen LogP contribution in [0.1, 0.15) is 252 Å². The third-order valence-corrected chi connectivity index (χ3v) is 11.6. The van der Waals surface area contributed by atoms with Gasteiger partial charge in [-0.05, 0) is 83.5 Å². The van der Waals surface area contributed by atoms with E-state index >= 15 is 0 Å². The Labute approximate surface area is 409 Å². The van der Waals surface area contributed by atoms with Gasteiger partial charge in [-0.25, -0.2) is 0 Å². The van der Waals surface area contributed by atoms with E-state index in [-0.39, 0.29) is 31.6 Å². The van der Waals surface area contributed by atoms with Gasteiger partial charge in [0, 0.05) is 13.0 Å². The van der Waals surface area contributed by atoms with Gasteiger partial charge in [0.15, 0.2) is 6.10 Å².